The van der Waals surface area contributed by atoms with E-state index < -0.39 is 5.97 Å². The molecule has 2 aromatic carbocycles. The molecule has 0 bridgehead atoms. The Hall–Kier alpha value is -3.81. The van der Waals surface area contributed by atoms with Gasteiger partial charge in [0.2, 0.25) is 5.91 Å². The summed E-state index contributed by atoms with van der Waals surface area (Å²) >= 11 is 0. The molecule has 2 aromatic rings. The summed E-state index contributed by atoms with van der Waals surface area (Å²) in [4.78, 5) is 38.0. The van der Waals surface area contributed by atoms with Crippen LogP contribution in [0, 0.1) is 0 Å². The summed E-state index contributed by atoms with van der Waals surface area (Å²) in [6, 6.07) is 11.9. The zero-order valence-corrected chi connectivity index (χ0v) is 17.6. The van der Waals surface area contributed by atoms with E-state index in [4.69, 9.17) is 9.47 Å². The van der Waals surface area contributed by atoms with Crippen molar-refractivity contribution in [1.82, 2.24) is 0 Å². The van der Waals surface area contributed by atoms with Gasteiger partial charge in [-0.25, -0.2) is 4.79 Å². The van der Waals surface area contributed by atoms with Gasteiger partial charge in [0, 0.05) is 18.5 Å². The van der Waals surface area contributed by atoms with E-state index in [1.165, 1.54) is 20.3 Å². The van der Waals surface area contributed by atoms with E-state index in [-0.39, 0.29) is 30.9 Å². The summed E-state index contributed by atoms with van der Waals surface area (Å²) in [5, 5.41) is 2.83. The second kappa shape index (κ2) is 9.80. The number of ether oxygens (including phenoxy) is 3. The maximum Gasteiger partial charge on any atom is 0.330 e. The molecule has 0 radical (unpaired) electrons. The van der Waals surface area contributed by atoms with E-state index in [0.29, 0.717) is 28.4 Å². The Morgan fingerprint density at radius 1 is 1.16 bits per heavy atom. The van der Waals surface area contributed by atoms with Crippen molar-refractivity contribution in [3.8, 4) is 11.5 Å². The summed E-state index contributed by atoms with van der Waals surface area (Å²) in [7, 11) is 2.79. The number of para-hydroxylation sites is 2. The van der Waals surface area contributed by atoms with Gasteiger partial charge < -0.3 is 24.4 Å². The van der Waals surface area contributed by atoms with Crippen molar-refractivity contribution in [2.24, 2.45) is 0 Å². The minimum Gasteiger partial charge on any atom is -0.493 e. The molecule has 1 aliphatic heterocycles. The number of amides is 2. The first-order valence-electron chi connectivity index (χ1n) is 9.70. The monoisotopic (exact) mass is 424 g/mol. The van der Waals surface area contributed by atoms with E-state index in [9.17, 15) is 14.4 Å². The second-order valence-electron chi connectivity index (χ2n) is 6.94. The number of rotatable bonds is 6. The van der Waals surface area contributed by atoms with Gasteiger partial charge in [-0.05, 0) is 42.8 Å². The number of nitrogens with one attached hydrogen (secondary N) is 1. The van der Waals surface area contributed by atoms with Gasteiger partial charge in [-0.15, -0.1) is 0 Å². The predicted octanol–water partition coefficient (Wildman–Crippen LogP) is 3.02. The highest BCUT2D eigenvalue weighted by Crippen LogP contribution is 2.32. The molecule has 0 fully saturated rings. The highest BCUT2D eigenvalue weighted by Gasteiger charge is 2.29. The van der Waals surface area contributed by atoms with E-state index in [1.54, 1.807) is 47.4 Å². The van der Waals surface area contributed by atoms with E-state index in [1.807, 2.05) is 13.0 Å². The van der Waals surface area contributed by atoms with Crippen LogP contribution < -0.4 is 19.7 Å². The van der Waals surface area contributed by atoms with E-state index in [2.05, 4.69) is 10.1 Å². The highest BCUT2D eigenvalue weighted by atomic mass is 16.5. The number of benzene rings is 2. The summed E-state index contributed by atoms with van der Waals surface area (Å²) < 4.78 is 15.7. The Morgan fingerprint density at radius 2 is 1.94 bits per heavy atom. The third-order valence-electron chi connectivity index (χ3n) is 4.78. The lowest BCUT2D eigenvalue weighted by molar-refractivity contribution is -0.134. The number of carbonyl (C=O) groups is 3. The lowest BCUT2D eigenvalue weighted by atomic mass is 10.1. The topological polar surface area (TPSA) is 94.2 Å². The number of fused-ring (bicyclic) bond motifs is 1. The average molecular weight is 424 g/mol. The van der Waals surface area contributed by atoms with Crippen molar-refractivity contribution in [3.05, 3.63) is 54.1 Å². The molecule has 0 aliphatic carbocycles. The molecule has 0 saturated carbocycles. The van der Waals surface area contributed by atoms with Crippen molar-refractivity contribution in [2.45, 2.75) is 19.4 Å². The largest absolute Gasteiger partial charge is 0.493 e. The van der Waals surface area contributed by atoms with Crippen LogP contribution in [0.25, 0.3) is 6.08 Å². The van der Waals surface area contributed by atoms with Crippen molar-refractivity contribution < 1.29 is 28.6 Å². The average Bonchev–Trinajstić information content (AvgIpc) is 2.89. The van der Waals surface area contributed by atoms with Crippen molar-refractivity contribution in [3.63, 3.8) is 0 Å². The van der Waals surface area contributed by atoms with Gasteiger partial charge in [0.05, 0.1) is 25.6 Å². The third-order valence-corrected chi connectivity index (χ3v) is 4.78. The fraction of sp³-hybridized carbons (Fsp3) is 0.261. The molecule has 1 heterocycles. The Kier molecular flexibility index (Phi) is 6.92. The molecule has 0 spiro atoms. The van der Waals surface area contributed by atoms with Crippen LogP contribution in [-0.2, 0) is 19.1 Å². The Labute approximate surface area is 180 Å². The van der Waals surface area contributed by atoms with Crippen LogP contribution in [-0.4, -0.2) is 44.7 Å². The molecule has 0 aromatic heterocycles. The number of carbonyl (C=O) groups excluding carboxylic acids is 3. The van der Waals surface area contributed by atoms with Crippen molar-refractivity contribution >= 4 is 35.2 Å². The maximum atomic E-state index is 13.0. The third kappa shape index (κ3) is 5.22. The van der Waals surface area contributed by atoms with Crippen LogP contribution in [0.5, 0.6) is 11.5 Å². The Balaban J connectivity index is 1.76. The molecular weight excluding hydrogens is 400 g/mol. The molecule has 3 rings (SSSR count). The SMILES string of the molecule is COC(=O)/C=C/c1ccc(OCC(=O)N2c3ccccc3NC(=O)CC2C)c(OC)c1. The Morgan fingerprint density at radius 3 is 2.68 bits per heavy atom. The van der Waals surface area contributed by atoms with Crippen molar-refractivity contribution in [2.75, 3.05) is 31.0 Å². The number of esters is 1. The maximum absolute atomic E-state index is 13.0. The fourth-order valence-electron chi connectivity index (χ4n) is 3.32. The van der Waals surface area contributed by atoms with Gasteiger partial charge in [-0.3, -0.25) is 9.59 Å². The lowest BCUT2D eigenvalue weighted by Gasteiger charge is -2.27. The fourth-order valence-corrected chi connectivity index (χ4v) is 3.32. The molecule has 2 amide bonds. The van der Waals surface area contributed by atoms with Crippen LogP contribution in [0.15, 0.2) is 48.5 Å². The van der Waals surface area contributed by atoms with Gasteiger partial charge in [0.15, 0.2) is 18.1 Å². The van der Waals surface area contributed by atoms with Crippen LogP contribution >= 0.6 is 0 Å². The summed E-state index contributed by atoms with van der Waals surface area (Å²) in [6.07, 6.45) is 3.07. The van der Waals surface area contributed by atoms with E-state index >= 15 is 0 Å². The molecule has 8 nitrogen and oxygen atoms in total. The molecule has 1 atom stereocenters. The number of hydrogen-bond acceptors (Lipinski definition) is 6. The molecule has 8 heteroatoms. The molecule has 31 heavy (non-hydrogen) atoms. The quantitative estimate of drug-likeness (QED) is 0.566. The first-order valence-corrected chi connectivity index (χ1v) is 9.70. The number of hydrogen-bond donors (Lipinski definition) is 1. The predicted molar refractivity (Wildman–Crippen MR) is 116 cm³/mol. The van der Waals surface area contributed by atoms with Crippen LogP contribution in [0.1, 0.15) is 18.9 Å². The number of methoxy groups -OCH3 is 2. The van der Waals surface area contributed by atoms with E-state index in [0.717, 1.165) is 0 Å². The van der Waals surface area contributed by atoms with Crippen molar-refractivity contribution in [1.29, 1.82) is 0 Å². The molecule has 1 N–H and O–H groups in total. The second-order valence-corrected chi connectivity index (χ2v) is 6.94. The first-order chi connectivity index (χ1) is 14.9. The zero-order valence-electron chi connectivity index (χ0n) is 17.6. The number of nitrogens with zero attached hydrogens (tertiary/aromatic N) is 1. The zero-order chi connectivity index (χ0) is 22.4. The summed E-state index contributed by atoms with van der Waals surface area (Å²) in [6.45, 7) is 1.59. The number of anilines is 2. The van der Waals surface area contributed by atoms with Crippen LogP contribution in [0.4, 0.5) is 11.4 Å². The summed E-state index contributed by atoms with van der Waals surface area (Å²) in [5.74, 6) is -0.0941. The van der Waals surface area contributed by atoms with Gasteiger partial charge in [0.25, 0.3) is 5.91 Å². The standard InChI is InChI=1S/C23H24N2O6/c1-15-12-21(26)24-17-6-4-5-7-18(17)25(15)22(27)14-31-19-10-8-16(13-20(19)29-2)9-11-23(28)30-3/h4-11,13,15H,12,14H2,1-3H3,(H,24,26)/b11-9+. The minimum atomic E-state index is -0.468. The molecular formula is C23H24N2O6. The molecule has 1 unspecified atom stereocenters. The normalized spacial score (nSPS) is 15.6. The molecule has 0 saturated heterocycles. The highest BCUT2D eigenvalue weighted by molar-refractivity contribution is 6.04. The smallest absolute Gasteiger partial charge is 0.330 e. The summed E-state index contributed by atoms with van der Waals surface area (Å²) in [5.41, 5.74) is 1.93. The Bertz CT molecular complexity index is 1020. The first kappa shape index (κ1) is 21.9. The van der Waals surface area contributed by atoms with Gasteiger partial charge in [-0.2, -0.15) is 0 Å². The van der Waals surface area contributed by atoms with Gasteiger partial charge in [-0.1, -0.05) is 18.2 Å². The van der Waals surface area contributed by atoms with Gasteiger partial charge in [0.1, 0.15) is 0 Å². The molecule has 1 aliphatic rings. The molecule has 162 valence electrons. The minimum absolute atomic E-state index is 0.145. The van der Waals surface area contributed by atoms with Crippen LogP contribution in [0.2, 0.25) is 0 Å². The van der Waals surface area contributed by atoms with Gasteiger partial charge >= 0.3 is 5.97 Å². The lowest BCUT2D eigenvalue weighted by Crippen LogP contribution is -2.41. The van der Waals surface area contributed by atoms with Crippen LogP contribution in [0.3, 0.4) is 0 Å².